The number of piperidine rings is 1. The zero-order valence-corrected chi connectivity index (χ0v) is 17.9. The van der Waals surface area contributed by atoms with E-state index in [0.717, 1.165) is 67.4 Å². The fraction of sp³-hybridized carbons (Fsp3) is 0.409. The third-order valence-electron chi connectivity index (χ3n) is 6.33. The first-order chi connectivity index (χ1) is 15.2. The first kappa shape index (κ1) is 18.7. The number of thiophene rings is 1. The minimum atomic E-state index is -0.305. The quantitative estimate of drug-likeness (QED) is 0.495. The van der Waals surface area contributed by atoms with E-state index in [1.807, 2.05) is 17.0 Å². The molecule has 2 aliphatic rings. The topological polar surface area (TPSA) is 85.4 Å². The number of amides is 1. The van der Waals surface area contributed by atoms with Gasteiger partial charge in [0.2, 0.25) is 5.91 Å². The van der Waals surface area contributed by atoms with E-state index in [0.29, 0.717) is 11.5 Å². The van der Waals surface area contributed by atoms with Gasteiger partial charge in [-0.1, -0.05) is 0 Å². The molecule has 0 radical (unpaired) electrons. The zero-order chi connectivity index (χ0) is 20.9. The highest BCUT2D eigenvalue weighted by Crippen LogP contribution is 2.38. The first-order valence-corrected chi connectivity index (χ1v) is 11.6. The number of likely N-dealkylation sites (tertiary alicyclic amines) is 1. The number of carbonyl (C=O) groups is 1. The van der Waals surface area contributed by atoms with Crippen molar-refractivity contribution in [3.8, 4) is 11.4 Å². The predicted octanol–water partition coefficient (Wildman–Crippen LogP) is 2.67. The summed E-state index contributed by atoms with van der Waals surface area (Å²) in [5, 5.41) is 5.53. The molecule has 31 heavy (non-hydrogen) atoms. The van der Waals surface area contributed by atoms with E-state index in [4.69, 9.17) is 4.98 Å². The lowest BCUT2D eigenvalue weighted by Gasteiger charge is -2.27. The molecule has 1 aliphatic heterocycles. The van der Waals surface area contributed by atoms with Gasteiger partial charge in [0, 0.05) is 35.9 Å². The first-order valence-electron chi connectivity index (χ1n) is 10.8. The fourth-order valence-electron chi connectivity index (χ4n) is 4.76. The second kappa shape index (κ2) is 7.26. The van der Waals surface area contributed by atoms with Gasteiger partial charge in [0.25, 0.3) is 0 Å². The molecule has 0 spiro atoms. The summed E-state index contributed by atoms with van der Waals surface area (Å²) in [7, 11) is 0. The number of nitrogens with zero attached hydrogens (tertiary/aromatic N) is 6. The molecule has 1 fully saturated rings. The Morgan fingerprint density at radius 1 is 1.06 bits per heavy atom. The molecule has 0 aromatic carbocycles. The van der Waals surface area contributed by atoms with Crippen LogP contribution in [-0.2, 0) is 24.2 Å². The molecule has 9 heteroatoms. The van der Waals surface area contributed by atoms with Gasteiger partial charge in [-0.2, -0.15) is 4.52 Å². The molecule has 4 aromatic rings. The van der Waals surface area contributed by atoms with E-state index in [1.54, 1.807) is 28.3 Å². The highest BCUT2D eigenvalue weighted by atomic mass is 32.1. The maximum atomic E-state index is 13.5. The van der Waals surface area contributed by atoms with Crippen LogP contribution in [0.5, 0.6) is 0 Å². The van der Waals surface area contributed by atoms with E-state index in [1.165, 1.54) is 15.0 Å². The molecule has 0 bridgehead atoms. The summed E-state index contributed by atoms with van der Waals surface area (Å²) in [4.78, 5) is 39.3. The number of hydrogen-bond donors (Lipinski definition) is 0. The largest absolute Gasteiger partial charge is 0.352 e. The maximum Gasteiger partial charge on any atom is 0.352 e. The van der Waals surface area contributed by atoms with Crippen LogP contribution in [-0.4, -0.2) is 48.0 Å². The minimum absolute atomic E-state index is 0.00508. The Labute approximate surface area is 182 Å². The van der Waals surface area contributed by atoms with Crippen molar-refractivity contribution >= 4 is 33.1 Å². The van der Waals surface area contributed by atoms with Gasteiger partial charge in [-0.05, 0) is 56.2 Å². The van der Waals surface area contributed by atoms with Crippen LogP contribution in [0, 0.1) is 0 Å². The summed E-state index contributed by atoms with van der Waals surface area (Å²) in [5.74, 6) is 0.504. The monoisotopic (exact) mass is 434 g/mol. The Kier molecular flexibility index (Phi) is 4.38. The molecule has 158 valence electrons. The molecule has 0 saturated carbocycles. The summed E-state index contributed by atoms with van der Waals surface area (Å²) >= 11 is 1.64. The van der Waals surface area contributed by atoms with Gasteiger partial charge in [0.15, 0.2) is 11.5 Å². The van der Waals surface area contributed by atoms with Crippen LogP contribution in [0.3, 0.4) is 0 Å². The number of hydrogen-bond acceptors (Lipinski definition) is 6. The van der Waals surface area contributed by atoms with Crippen molar-refractivity contribution in [1.29, 1.82) is 0 Å². The number of pyridine rings is 1. The predicted molar refractivity (Wildman–Crippen MR) is 118 cm³/mol. The lowest BCUT2D eigenvalue weighted by atomic mass is 10.1. The Morgan fingerprint density at radius 3 is 2.68 bits per heavy atom. The van der Waals surface area contributed by atoms with Gasteiger partial charge in [0.1, 0.15) is 11.4 Å². The molecule has 1 aliphatic carbocycles. The van der Waals surface area contributed by atoms with Gasteiger partial charge in [-0.3, -0.25) is 14.3 Å². The summed E-state index contributed by atoms with van der Waals surface area (Å²) in [6.45, 7) is 1.60. The summed E-state index contributed by atoms with van der Waals surface area (Å²) in [5.41, 5.74) is 2.36. The molecule has 1 amide bonds. The van der Waals surface area contributed by atoms with E-state index in [9.17, 15) is 9.59 Å². The highest BCUT2D eigenvalue weighted by Gasteiger charge is 2.27. The van der Waals surface area contributed by atoms with Crippen LogP contribution in [0.25, 0.3) is 27.3 Å². The molecule has 6 rings (SSSR count). The Bertz CT molecular complexity index is 1360. The molecular formula is C22H22N6O2S. The second-order valence-corrected chi connectivity index (χ2v) is 9.34. The molecule has 8 nitrogen and oxygen atoms in total. The van der Waals surface area contributed by atoms with E-state index >= 15 is 0 Å². The van der Waals surface area contributed by atoms with Crippen LogP contribution < -0.4 is 5.69 Å². The zero-order valence-electron chi connectivity index (χ0n) is 17.1. The van der Waals surface area contributed by atoms with Gasteiger partial charge in [0.05, 0.1) is 5.39 Å². The van der Waals surface area contributed by atoms with Crippen molar-refractivity contribution in [3.63, 3.8) is 0 Å². The number of rotatable bonds is 3. The third kappa shape index (κ3) is 2.98. The average Bonchev–Trinajstić information content (AvgIpc) is 3.52. The summed E-state index contributed by atoms with van der Waals surface area (Å²) in [6.07, 6.45) is 9.69. The maximum absolute atomic E-state index is 13.5. The van der Waals surface area contributed by atoms with Gasteiger partial charge >= 0.3 is 5.69 Å². The Morgan fingerprint density at radius 2 is 1.87 bits per heavy atom. The van der Waals surface area contributed by atoms with Crippen molar-refractivity contribution in [2.45, 2.75) is 45.1 Å². The van der Waals surface area contributed by atoms with E-state index < -0.39 is 0 Å². The van der Waals surface area contributed by atoms with Crippen molar-refractivity contribution in [2.24, 2.45) is 0 Å². The van der Waals surface area contributed by atoms with Gasteiger partial charge < -0.3 is 4.90 Å². The van der Waals surface area contributed by atoms with E-state index in [2.05, 4.69) is 10.1 Å². The van der Waals surface area contributed by atoms with E-state index in [-0.39, 0.29) is 18.1 Å². The van der Waals surface area contributed by atoms with Crippen molar-refractivity contribution in [1.82, 2.24) is 29.0 Å². The third-order valence-corrected chi connectivity index (χ3v) is 7.65. The number of aromatic nitrogens is 5. The summed E-state index contributed by atoms with van der Waals surface area (Å²) < 4.78 is 3.00. The molecule has 0 N–H and O–H groups in total. The number of carbonyl (C=O) groups excluding carboxylic acids is 1. The van der Waals surface area contributed by atoms with Crippen LogP contribution in [0.2, 0.25) is 0 Å². The van der Waals surface area contributed by atoms with Crippen molar-refractivity contribution in [3.05, 3.63) is 45.5 Å². The van der Waals surface area contributed by atoms with Gasteiger partial charge in [-0.15, -0.1) is 16.4 Å². The van der Waals surface area contributed by atoms with Crippen molar-refractivity contribution < 1.29 is 4.79 Å². The molecule has 0 unspecified atom stereocenters. The van der Waals surface area contributed by atoms with Crippen LogP contribution in [0.4, 0.5) is 0 Å². The SMILES string of the molecule is O=C(Cn1c(=O)n2nc(-c3ccncc3)nc2c2c3c(sc21)CCC3)N1CCCCC1. The fourth-order valence-corrected chi connectivity index (χ4v) is 6.14. The summed E-state index contributed by atoms with van der Waals surface area (Å²) in [6, 6.07) is 3.67. The van der Waals surface area contributed by atoms with Crippen LogP contribution >= 0.6 is 11.3 Å². The molecule has 1 saturated heterocycles. The highest BCUT2D eigenvalue weighted by molar-refractivity contribution is 7.19. The molecule has 0 atom stereocenters. The number of fused-ring (bicyclic) bond motifs is 5. The lowest BCUT2D eigenvalue weighted by molar-refractivity contribution is -0.132. The standard InChI is InChI=1S/C22H22N6O2S/c29-17(26-11-2-1-3-12-26)13-27-21-18(15-5-4-6-16(15)31-21)20-24-19(25-28(20)22(27)30)14-7-9-23-10-8-14/h7-10H,1-6,11-13H2. The lowest BCUT2D eigenvalue weighted by Crippen LogP contribution is -2.40. The second-order valence-electron chi connectivity index (χ2n) is 8.25. The number of aryl methyl sites for hydroxylation is 2. The van der Waals surface area contributed by atoms with Crippen LogP contribution in [0.15, 0.2) is 29.3 Å². The average molecular weight is 435 g/mol. The van der Waals surface area contributed by atoms with Gasteiger partial charge in [-0.25, -0.2) is 9.78 Å². The minimum Gasteiger partial charge on any atom is -0.341 e. The Balaban J connectivity index is 1.55. The Hall–Kier alpha value is -3.07. The van der Waals surface area contributed by atoms with Crippen LogP contribution in [0.1, 0.15) is 36.1 Å². The normalized spacial score (nSPS) is 16.3. The molecule has 5 heterocycles. The van der Waals surface area contributed by atoms with Crippen molar-refractivity contribution in [2.75, 3.05) is 13.1 Å². The smallest absolute Gasteiger partial charge is 0.341 e. The molecule has 4 aromatic heterocycles. The molecular weight excluding hydrogens is 412 g/mol.